The van der Waals surface area contributed by atoms with Gasteiger partial charge in [0.1, 0.15) is 11.3 Å². The highest BCUT2D eigenvalue weighted by molar-refractivity contribution is 6.26. The van der Waals surface area contributed by atoms with Gasteiger partial charge in [0.25, 0.3) is 0 Å². The van der Waals surface area contributed by atoms with E-state index in [0.29, 0.717) is 17.8 Å². The summed E-state index contributed by atoms with van der Waals surface area (Å²) < 4.78 is 10.1. The van der Waals surface area contributed by atoms with Gasteiger partial charge in [-0.2, -0.15) is 0 Å². The number of Topliss-reactive ketones (excluding diaryl/α,β-unsaturated/α-hetero) is 1. The zero-order chi connectivity index (χ0) is 15.1. The van der Waals surface area contributed by atoms with E-state index in [1.54, 1.807) is 31.2 Å². The summed E-state index contributed by atoms with van der Waals surface area (Å²) in [5.41, 5.74) is 0.507. The Morgan fingerprint density at radius 1 is 1.33 bits per heavy atom. The average molecular weight is 284 g/mol. The number of carbonyl (C=O) groups excluding carboxylic acids is 2. The van der Waals surface area contributed by atoms with E-state index in [0.717, 1.165) is 0 Å². The maximum Gasteiger partial charge on any atom is 0.342 e. The van der Waals surface area contributed by atoms with E-state index in [-0.39, 0.29) is 18.0 Å². The number of allylic oxidation sites excluding steroid dienone is 6. The molecule has 0 amide bonds. The number of carbonyl (C=O) groups is 2. The van der Waals surface area contributed by atoms with Crippen molar-refractivity contribution in [3.8, 4) is 0 Å². The number of furan rings is 1. The second-order valence-corrected chi connectivity index (χ2v) is 4.33. The van der Waals surface area contributed by atoms with Crippen LogP contribution in [0.15, 0.2) is 64.3 Å². The summed E-state index contributed by atoms with van der Waals surface area (Å²) in [6.45, 7) is 1.91. The molecule has 0 atom stereocenters. The van der Waals surface area contributed by atoms with Crippen LogP contribution in [-0.2, 0) is 14.3 Å². The summed E-state index contributed by atoms with van der Waals surface area (Å²) in [5, 5.41) is 0. The van der Waals surface area contributed by atoms with Crippen LogP contribution in [0, 0.1) is 0 Å². The summed E-state index contributed by atoms with van der Waals surface area (Å²) in [7, 11) is 0. The van der Waals surface area contributed by atoms with E-state index >= 15 is 0 Å². The van der Waals surface area contributed by atoms with Crippen molar-refractivity contribution in [2.45, 2.75) is 13.3 Å². The highest BCUT2D eigenvalue weighted by Crippen LogP contribution is 2.18. The van der Waals surface area contributed by atoms with Crippen molar-refractivity contribution in [1.82, 2.24) is 0 Å². The van der Waals surface area contributed by atoms with Crippen molar-refractivity contribution in [2.24, 2.45) is 0 Å². The molecule has 0 aromatic carbocycles. The molecule has 1 aliphatic carbocycles. The minimum atomic E-state index is -0.642. The molecule has 4 heteroatoms. The Bertz CT molecular complexity index is 628. The van der Waals surface area contributed by atoms with E-state index in [9.17, 15) is 9.59 Å². The van der Waals surface area contributed by atoms with E-state index in [4.69, 9.17) is 9.15 Å². The molecule has 108 valence electrons. The van der Waals surface area contributed by atoms with Gasteiger partial charge in [-0.3, -0.25) is 4.79 Å². The summed E-state index contributed by atoms with van der Waals surface area (Å²) in [6.07, 6.45) is 12.4. The second kappa shape index (κ2) is 7.24. The molecule has 1 heterocycles. The first kappa shape index (κ1) is 14.8. The molecule has 1 aromatic heterocycles. The smallest absolute Gasteiger partial charge is 0.342 e. The molecule has 0 saturated carbocycles. The molecule has 0 saturated heterocycles. The molecule has 0 fully saturated rings. The average Bonchev–Trinajstić information content (AvgIpc) is 2.84. The first-order valence-corrected chi connectivity index (χ1v) is 6.71. The third-order valence-electron chi connectivity index (χ3n) is 2.85. The van der Waals surface area contributed by atoms with Crippen LogP contribution in [0.1, 0.15) is 19.1 Å². The fraction of sp³-hybridized carbons (Fsp3) is 0.176. The van der Waals surface area contributed by atoms with Gasteiger partial charge in [0.05, 0.1) is 12.9 Å². The summed E-state index contributed by atoms with van der Waals surface area (Å²) in [4.78, 5) is 24.6. The molecule has 0 aliphatic heterocycles. The Kier molecular flexibility index (Phi) is 5.10. The Balaban J connectivity index is 2.33. The number of rotatable bonds is 5. The van der Waals surface area contributed by atoms with Crippen LogP contribution in [0.4, 0.5) is 0 Å². The minimum absolute atomic E-state index is 0.0262. The quantitative estimate of drug-likeness (QED) is 0.360. The Morgan fingerprint density at radius 3 is 2.90 bits per heavy atom. The maximum absolute atomic E-state index is 12.5. The Labute approximate surface area is 123 Å². The zero-order valence-electron chi connectivity index (χ0n) is 11.7. The predicted molar refractivity (Wildman–Crippen MR) is 79.3 cm³/mol. The summed E-state index contributed by atoms with van der Waals surface area (Å²) in [6, 6.07) is 3.36. The first-order valence-electron chi connectivity index (χ1n) is 6.71. The van der Waals surface area contributed by atoms with Crippen LogP contribution in [0.3, 0.4) is 0 Å². The van der Waals surface area contributed by atoms with Crippen molar-refractivity contribution in [3.05, 3.63) is 65.7 Å². The lowest BCUT2D eigenvalue weighted by Gasteiger charge is -2.07. The lowest BCUT2D eigenvalue weighted by molar-refractivity contribution is -0.139. The molecule has 21 heavy (non-hydrogen) atoms. The van der Waals surface area contributed by atoms with Crippen LogP contribution < -0.4 is 0 Å². The van der Waals surface area contributed by atoms with Crippen molar-refractivity contribution >= 4 is 17.8 Å². The lowest BCUT2D eigenvalue weighted by Crippen LogP contribution is -2.17. The van der Waals surface area contributed by atoms with E-state index in [1.807, 2.05) is 18.2 Å². The Hall–Kier alpha value is -2.62. The molecule has 4 nitrogen and oxygen atoms in total. The minimum Gasteiger partial charge on any atom is -0.465 e. The fourth-order valence-corrected chi connectivity index (χ4v) is 1.86. The van der Waals surface area contributed by atoms with E-state index in [2.05, 4.69) is 0 Å². The largest absolute Gasteiger partial charge is 0.465 e. The molecule has 2 rings (SSSR count). The second-order valence-electron chi connectivity index (χ2n) is 4.33. The lowest BCUT2D eigenvalue weighted by atomic mass is 10.00. The number of ketones is 1. The fourth-order valence-electron chi connectivity index (χ4n) is 1.86. The summed E-state index contributed by atoms with van der Waals surface area (Å²) >= 11 is 0. The van der Waals surface area contributed by atoms with Crippen molar-refractivity contribution < 1.29 is 18.7 Å². The molecule has 0 bridgehead atoms. The van der Waals surface area contributed by atoms with E-state index < -0.39 is 5.97 Å². The number of esters is 1. The first-order chi connectivity index (χ1) is 10.2. The molecule has 1 aliphatic rings. The Morgan fingerprint density at radius 2 is 2.19 bits per heavy atom. The van der Waals surface area contributed by atoms with Gasteiger partial charge in [0.2, 0.25) is 0 Å². The van der Waals surface area contributed by atoms with Gasteiger partial charge >= 0.3 is 5.97 Å². The highest BCUT2D eigenvalue weighted by Gasteiger charge is 2.23. The topological polar surface area (TPSA) is 56.5 Å². The van der Waals surface area contributed by atoms with Crippen LogP contribution in [0.2, 0.25) is 0 Å². The molecule has 1 aromatic rings. The van der Waals surface area contributed by atoms with Crippen LogP contribution in [0.5, 0.6) is 0 Å². The standard InChI is InChI=1S/C17H16O4/c1-2-20-17(19)15(12-14-10-7-11-21-14)16(18)13-8-5-3-4-6-9-13/h3-8,10-12H,2,9H2,1H3/b15-12+. The molecular weight excluding hydrogens is 268 g/mol. The third-order valence-corrected chi connectivity index (χ3v) is 2.85. The van der Waals surface area contributed by atoms with Gasteiger partial charge in [0, 0.05) is 5.57 Å². The van der Waals surface area contributed by atoms with Crippen LogP contribution >= 0.6 is 0 Å². The SMILES string of the molecule is CCOC(=O)/C(=C/c1ccco1)C(=O)C1=CC=CC=CC1. The van der Waals surface area contributed by atoms with Gasteiger partial charge in [-0.1, -0.05) is 30.4 Å². The van der Waals surface area contributed by atoms with Crippen LogP contribution in [0.25, 0.3) is 6.08 Å². The molecule has 0 N–H and O–H groups in total. The van der Waals surface area contributed by atoms with Crippen molar-refractivity contribution in [1.29, 1.82) is 0 Å². The van der Waals surface area contributed by atoms with Gasteiger partial charge < -0.3 is 9.15 Å². The predicted octanol–water partition coefficient (Wildman–Crippen LogP) is 3.24. The third kappa shape index (κ3) is 3.92. The maximum atomic E-state index is 12.5. The highest BCUT2D eigenvalue weighted by atomic mass is 16.5. The van der Waals surface area contributed by atoms with Gasteiger partial charge in [-0.05, 0) is 31.6 Å². The van der Waals surface area contributed by atoms with Crippen molar-refractivity contribution in [2.75, 3.05) is 6.61 Å². The monoisotopic (exact) mass is 284 g/mol. The number of hydrogen-bond acceptors (Lipinski definition) is 4. The van der Waals surface area contributed by atoms with Crippen molar-refractivity contribution in [3.63, 3.8) is 0 Å². The van der Waals surface area contributed by atoms with Gasteiger partial charge in [0.15, 0.2) is 5.78 Å². The molecule has 0 spiro atoms. The normalized spacial score (nSPS) is 14.5. The molecule has 0 radical (unpaired) electrons. The number of hydrogen-bond donors (Lipinski definition) is 0. The van der Waals surface area contributed by atoms with Gasteiger partial charge in [-0.25, -0.2) is 4.79 Å². The van der Waals surface area contributed by atoms with Gasteiger partial charge in [-0.15, -0.1) is 0 Å². The van der Waals surface area contributed by atoms with Crippen LogP contribution in [-0.4, -0.2) is 18.4 Å². The summed E-state index contributed by atoms with van der Waals surface area (Å²) in [5.74, 6) is -0.551. The zero-order valence-corrected chi connectivity index (χ0v) is 11.7. The molecular formula is C17H16O4. The molecule has 0 unspecified atom stereocenters. The van der Waals surface area contributed by atoms with E-state index in [1.165, 1.54) is 12.3 Å². The number of ether oxygens (including phenoxy) is 1.